The summed E-state index contributed by atoms with van der Waals surface area (Å²) >= 11 is 0. The number of rotatable bonds is 5. The van der Waals surface area contributed by atoms with Crippen molar-refractivity contribution in [2.24, 2.45) is 5.92 Å². The van der Waals surface area contributed by atoms with Crippen LogP contribution in [-0.2, 0) is 6.18 Å². The summed E-state index contributed by atoms with van der Waals surface area (Å²) in [7, 11) is 0. The van der Waals surface area contributed by atoms with Crippen molar-refractivity contribution in [2.75, 3.05) is 24.6 Å². The molecule has 1 fully saturated rings. The van der Waals surface area contributed by atoms with Crippen LogP contribution in [0, 0.1) is 5.92 Å². The second-order valence-electron chi connectivity index (χ2n) is 6.47. The molecule has 2 heterocycles. The van der Waals surface area contributed by atoms with Gasteiger partial charge in [-0.25, -0.2) is 4.98 Å². The van der Waals surface area contributed by atoms with Crippen molar-refractivity contribution in [3.8, 4) is 11.6 Å². The van der Waals surface area contributed by atoms with E-state index in [0.717, 1.165) is 50.3 Å². The number of nitrogens with zero attached hydrogens (tertiary/aromatic N) is 2. The first-order chi connectivity index (χ1) is 12.4. The standard InChI is InChI=1S/C19H21F3N2O2/c20-19(21,22)15-1-6-18(23-13-15)26-12-9-14-7-10-24(11-8-14)16-2-4-17(25)5-3-16/h1-6,13-14,25H,7-12H2. The van der Waals surface area contributed by atoms with Gasteiger partial charge in [-0.3, -0.25) is 0 Å². The largest absolute Gasteiger partial charge is 0.508 e. The van der Waals surface area contributed by atoms with Crippen LogP contribution in [0.3, 0.4) is 0 Å². The first-order valence-electron chi connectivity index (χ1n) is 8.62. The fourth-order valence-corrected chi connectivity index (χ4v) is 3.11. The van der Waals surface area contributed by atoms with Crippen molar-refractivity contribution in [3.05, 3.63) is 48.2 Å². The van der Waals surface area contributed by atoms with Crippen molar-refractivity contribution in [1.82, 2.24) is 4.98 Å². The number of phenols is 1. The second kappa shape index (κ2) is 7.85. The SMILES string of the molecule is Oc1ccc(N2CCC(CCOc3ccc(C(F)(F)F)cn3)CC2)cc1. The fourth-order valence-electron chi connectivity index (χ4n) is 3.11. The molecule has 1 N–H and O–H groups in total. The van der Waals surface area contributed by atoms with Crippen LogP contribution in [0.15, 0.2) is 42.6 Å². The number of aromatic hydroxyl groups is 1. The number of anilines is 1. The highest BCUT2D eigenvalue weighted by atomic mass is 19.4. The first kappa shape index (κ1) is 18.4. The number of hydrogen-bond donors (Lipinski definition) is 1. The maximum Gasteiger partial charge on any atom is 0.417 e. The van der Waals surface area contributed by atoms with Crippen molar-refractivity contribution in [1.29, 1.82) is 0 Å². The second-order valence-corrected chi connectivity index (χ2v) is 6.47. The van der Waals surface area contributed by atoms with E-state index < -0.39 is 11.7 Å². The minimum absolute atomic E-state index is 0.222. The van der Waals surface area contributed by atoms with Gasteiger partial charge in [0.05, 0.1) is 12.2 Å². The molecule has 0 atom stereocenters. The molecule has 1 aliphatic rings. The van der Waals surface area contributed by atoms with Crippen LogP contribution in [0.25, 0.3) is 0 Å². The van der Waals surface area contributed by atoms with Gasteiger partial charge in [0.25, 0.3) is 0 Å². The van der Waals surface area contributed by atoms with Gasteiger partial charge >= 0.3 is 6.18 Å². The van der Waals surface area contributed by atoms with Crippen LogP contribution in [0.1, 0.15) is 24.8 Å². The van der Waals surface area contributed by atoms with Gasteiger partial charge < -0.3 is 14.7 Å². The molecule has 1 aromatic carbocycles. The number of phenolic OH excluding ortho intramolecular Hbond substituents is 1. The summed E-state index contributed by atoms with van der Waals surface area (Å²) in [6.07, 6.45) is -0.663. The van der Waals surface area contributed by atoms with E-state index in [1.54, 1.807) is 12.1 Å². The van der Waals surface area contributed by atoms with E-state index in [0.29, 0.717) is 12.5 Å². The quantitative estimate of drug-likeness (QED) is 0.847. The average molecular weight is 366 g/mol. The molecule has 7 heteroatoms. The monoisotopic (exact) mass is 366 g/mol. The molecule has 0 spiro atoms. The zero-order valence-corrected chi connectivity index (χ0v) is 14.2. The Morgan fingerprint density at radius 3 is 2.35 bits per heavy atom. The Hall–Kier alpha value is -2.44. The van der Waals surface area contributed by atoms with E-state index in [1.165, 1.54) is 6.07 Å². The summed E-state index contributed by atoms with van der Waals surface area (Å²) in [6, 6.07) is 9.44. The van der Waals surface area contributed by atoms with Gasteiger partial charge in [0.15, 0.2) is 0 Å². The highest BCUT2D eigenvalue weighted by molar-refractivity contribution is 5.49. The molecule has 0 saturated carbocycles. The van der Waals surface area contributed by atoms with Crippen LogP contribution in [-0.4, -0.2) is 29.8 Å². The predicted octanol–water partition coefficient (Wildman–Crippen LogP) is 4.49. The Labute approximate surface area is 150 Å². The van der Waals surface area contributed by atoms with Crippen molar-refractivity contribution >= 4 is 5.69 Å². The fraction of sp³-hybridized carbons (Fsp3) is 0.421. The molecular formula is C19H21F3N2O2. The van der Waals surface area contributed by atoms with Crippen LogP contribution >= 0.6 is 0 Å². The van der Waals surface area contributed by atoms with E-state index in [9.17, 15) is 18.3 Å². The molecule has 1 saturated heterocycles. The van der Waals surface area contributed by atoms with Gasteiger partial charge in [0, 0.05) is 31.0 Å². The van der Waals surface area contributed by atoms with Crippen LogP contribution in [0.5, 0.6) is 11.6 Å². The number of alkyl halides is 3. The Balaban J connectivity index is 1.40. The molecule has 4 nitrogen and oxygen atoms in total. The minimum atomic E-state index is -4.38. The maximum atomic E-state index is 12.5. The maximum absolute atomic E-state index is 12.5. The molecule has 1 aromatic heterocycles. The molecule has 2 aromatic rings. The predicted molar refractivity (Wildman–Crippen MR) is 92.4 cm³/mol. The lowest BCUT2D eigenvalue weighted by Gasteiger charge is -2.33. The lowest BCUT2D eigenvalue weighted by Crippen LogP contribution is -2.34. The number of pyridine rings is 1. The Morgan fingerprint density at radius 1 is 1.08 bits per heavy atom. The summed E-state index contributed by atoms with van der Waals surface area (Å²) < 4.78 is 43.0. The van der Waals surface area contributed by atoms with Gasteiger partial charge in [0.2, 0.25) is 5.88 Å². The molecule has 26 heavy (non-hydrogen) atoms. The highest BCUT2D eigenvalue weighted by Gasteiger charge is 2.30. The molecule has 0 bridgehead atoms. The third kappa shape index (κ3) is 4.80. The Kier molecular flexibility index (Phi) is 5.54. The summed E-state index contributed by atoms with van der Waals surface area (Å²) in [6.45, 7) is 2.32. The molecular weight excluding hydrogens is 345 g/mol. The highest BCUT2D eigenvalue weighted by Crippen LogP contribution is 2.29. The topological polar surface area (TPSA) is 45.6 Å². The smallest absolute Gasteiger partial charge is 0.417 e. The molecule has 0 aliphatic carbocycles. The summed E-state index contributed by atoms with van der Waals surface area (Å²) in [4.78, 5) is 6.00. The Morgan fingerprint density at radius 2 is 1.77 bits per heavy atom. The van der Waals surface area contributed by atoms with E-state index in [-0.39, 0.29) is 11.6 Å². The summed E-state index contributed by atoms with van der Waals surface area (Å²) in [5.74, 6) is 1.01. The van der Waals surface area contributed by atoms with E-state index in [2.05, 4.69) is 9.88 Å². The van der Waals surface area contributed by atoms with Gasteiger partial charge in [-0.05, 0) is 55.5 Å². The number of ether oxygens (including phenoxy) is 1. The van der Waals surface area contributed by atoms with Crippen molar-refractivity contribution < 1.29 is 23.0 Å². The van der Waals surface area contributed by atoms with Gasteiger partial charge in [-0.2, -0.15) is 13.2 Å². The molecule has 0 unspecified atom stereocenters. The van der Waals surface area contributed by atoms with Gasteiger partial charge in [0.1, 0.15) is 5.75 Å². The van der Waals surface area contributed by atoms with Crippen LogP contribution < -0.4 is 9.64 Å². The van der Waals surface area contributed by atoms with Crippen LogP contribution in [0.4, 0.5) is 18.9 Å². The van der Waals surface area contributed by atoms with E-state index >= 15 is 0 Å². The lowest BCUT2D eigenvalue weighted by molar-refractivity contribution is -0.137. The molecule has 1 aliphatic heterocycles. The van der Waals surface area contributed by atoms with Crippen molar-refractivity contribution in [3.63, 3.8) is 0 Å². The van der Waals surface area contributed by atoms with Crippen molar-refractivity contribution in [2.45, 2.75) is 25.4 Å². The van der Waals surface area contributed by atoms with Gasteiger partial charge in [-0.15, -0.1) is 0 Å². The zero-order valence-electron chi connectivity index (χ0n) is 14.2. The number of benzene rings is 1. The van der Waals surface area contributed by atoms with Crippen LogP contribution in [0.2, 0.25) is 0 Å². The van der Waals surface area contributed by atoms with Gasteiger partial charge in [-0.1, -0.05) is 0 Å². The molecule has 0 amide bonds. The third-order valence-electron chi connectivity index (χ3n) is 4.67. The Bertz CT molecular complexity index is 694. The first-order valence-corrected chi connectivity index (χ1v) is 8.62. The van der Waals surface area contributed by atoms with E-state index in [4.69, 9.17) is 4.74 Å². The molecule has 140 valence electrons. The zero-order chi connectivity index (χ0) is 18.6. The lowest BCUT2D eigenvalue weighted by atomic mass is 9.93. The summed E-state index contributed by atoms with van der Waals surface area (Å²) in [5.41, 5.74) is 0.331. The molecule has 0 radical (unpaired) electrons. The minimum Gasteiger partial charge on any atom is -0.508 e. The third-order valence-corrected chi connectivity index (χ3v) is 4.67. The number of halogens is 3. The number of aromatic nitrogens is 1. The van der Waals surface area contributed by atoms with E-state index in [1.807, 2.05) is 12.1 Å². The summed E-state index contributed by atoms with van der Waals surface area (Å²) in [5, 5.41) is 9.35. The molecule has 3 rings (SSSR count). The average Bonchev–Trinajstić information content (AvgIpc) is 2.63. The number of piperidine rings is 1. The number of hydrogen-bond acceptors (Lipinski definition) is 4. The normalized spacial score (nSPS) is 15.9.